The van der Waals surface area contributed by atoms with Crippen LogP contribution in [0.25, 0.3) is 11.1 Å². The number of amides is 1. The third kappa shape index (κ3) is 6.31. The van der Waals surface area contributed by atoms with E-state index in [0.717, 1.165) is 23.1 Å². The SMILES string of the molecule is O=C(Oc1ccc([N+](=O)[O-])cc1)N1CCC2(CC1)C[C@H](c1cccc(-c3ccc(OC(F)(F)F)cc3)c1)CO2. The van der Waals surface area contributed by atoms with Gasteiger partial charge in [0.15, 0.2) is 0 Å². The van der Waals surface area contributed by atoms with Gasteiger partial charge in [-0.2, -0.15) is 0 Å². The zero-order chi connectivity index (χ0) is 27.6. The summed E-state index contributed by atoms with van der Waals surface area (Å²) in [6.45, 7) is 1.46. The van der Waals surface area contributed by atoms with E-state index in [1.807, 2.05) is 24.3 Å². The number of nitro groups is 1. The lowest BCUT2D eigenvalue weighted by atomic mass is 9.83. The van der Waals surface area contributed by atoms with Crippen molar-refractivity contribution in [3.8, 4) is 22.6 Å². The molecule has 3 aromatic rings. The van der Waals surface area contributed by atoms with Crippen LogP contribution < -0.4 is 9.47 Å². The summed E-state index contributed by atoms with van der Waals surface area (Å²) in [7, 11) is 0. The third-order valence-corrected chi connectivity index (χ3v) is 7.17. The van der Waals surface area contributed by atoms with Gasteiger partial charge in [-0.1, -0.05) is 36.4 Å². The van der Waals surface area contributed by atoms with Gasteiger partial charge in [0, 0.05) is 31.1 Å². The Morgan fingerprint density at radius 1 is 0.974 bits per heavy atom. The van der Waals surface area contributed by atoms with Crippen molar-refractivity contribution in [2.45, 2.75) is 37.1 Å². The summed E-state index contributed by atoms with van der Waals surface area (Å²) in [5.74, 6) is 0.123. The molecular formula is C28H25F3N2O6. The topological polar surface area (TPSA) is 91.1 Å². The van der Waals surface area contributed by atoms with Crippen molar-refractivity contribution in [3.63, 3.8) is 0 Å². The molecular weight excluding hydrogens is 517 g/mol. The Labute approximate surface area is 222 Å². The van der Waals surface area contributed by atoms with Crippen LogP contribution in [-0.2, 0) is 4.74 Å². The second-order valence-corrected chi connectivity index (χ2v) is 9.70. The van der Waals surface area contributed by atoms with Gasteiger partial charge >= 0.3 is 12.5 Å². The van der Waals surface area contributed by atoms with E-state index in [9.17, 15) is 28.1 Å². The van der Waals surface area contributed by atoms with Crippen LogP contribution in [0.1, 0.15) is 30.7 Å². The average Bonchev–Trinajstić information content (AvgIpc) is 3.32. The van der Waals surface area contributed by atoms with Crippen molar-refractivity contribution in [3.05, 3.63) is 88.5 Å². The first-order valence-electron chi connectivity index (χ1n) is 12.4. The van der Waals surface area contributed by atoms with E-state index in [4.69, 9.17) is 9.47 Å². The summed E-state index contributed by atoms with van der Waals surface area (Å²) < 4.78 is 52.9. The van der Waals surface area contributed by atoms with E-state index in [1.165, 1.54) is 36.4 Å². The summed E-state index contributed by atoms with van der Waals surface area (Å²) in [5, 5.41) is 10.8. The standard InChI is InChI=1S/C28H25F3N2O6/c29-28(30,31)39-25-8-4-19(5-9-25)20-2-1-3-21(16-20)22-17-27(37-18-22)12-14-32(15-13-27)26(34)38-24-10-6-23(7-11-24)33(35)36/h1-11,16,22H,12-15,17-18H2/t22-/m0/s1. The van der Waals surface area contributed by atoms with E-state index in [1.54, 1.807) is 17.0 Å². The van der Waals surface area contributed by atoms with Gasteiger partial charge in [0.1, 0.15) is 11.5 Å². The van der Waals surface area contributed by atoms with Gasteiger partial charge in [-0.05, 0) is 60.2 Å². The molecule has 39 heavy (non-hydrogen) atoms. The molecule has 0 bridgehead atoms. The molecule has 5 rings (SSSR count). The zero-order valence-corrected chi connectivity index (χ0v) is 20.7. The van der Waals surface area contributed by atoms with Crippen LogP contribution >= 0.6 is 0 Å². The van der Waals surface area contributed by atoms with E-state index in [2.05, 4.69) is 4.74 Å². The van der Waals surface area contributed by atoms with Gasteiger partial charge in [0.05, 0.1) is 17.1 Å². The number of benzene rings is 3. The molecule has 3 aromatic carbocycles. The number of nitro benzene ring substituents is 1. The van der Waals surface area contributed by atoms with Crippen molar-refractivity contribution in [1.82, 2.24) is 4.90 Å². The zero-order valence-electron chi connectivity index (χ0n) is 20.7. The molecule has 1 spiro atoms. The fourth-order valence-corrected chi connectivity index (χ4v) is 5.13. The summed E-state index contributed by atoms with van der Waals surface area (Å²) in [6, 6.07) is 19.0. The summed E-state index contributed by atoms with van der Waals surface area (Å²) in [4.78, 5) is 24.5. The Morgan fingerprint density at radius 2 is 1.64 bits per heavy atom. The molecule has 0 aromatic heterocycles. The molecule has 8 nitrogen and oxygen atoms in total. The number of carbonyl (C=O) groups is 1. The van der Waals surface area contributed by atoms with Crippen molar-refractivity contribution in [2.75, 3.05) is 19.7 Å². The van der Waals surface area contributed by atoms with Gasteiger partial charge in [0.25, 0.3) is 5.69 Å². The van der Waals surface area contributed by atoms with Crippen molar-refractivity contribution >= 4 is 11.8 Å². The Morgan fingerprint density at radius 3 is 2.28 bits per heavy atom. The minimum atomic E-state index is -4.73. The van der Waals surface area contributed by atoms with E-state index < -0.39 is 17.4 Å². The number of ether oxygens (including phenoxy) is 3. The molecule has 1 atom stereocenters. The lowest BCUT2D eigenvalue weighted by molar-refractivity contribution is -0.384. The lowest BCUT2D eigenvalue weighted by Crippen LogP contribution is -2.47. The van der Waals surface area contributed by atoms with Gasteiger partial charge in [0.2, 0.25) is 0 Å². The van der Waals surface area contributed by atoms with Crippen LogP contribution in [0.3, 0.4) is 0 Å². The van der Waals surface area contributed by atoms with Crippen LogP contribution in [-0.4, -0.2) is 47.6 Å². The molecule has 11 heteroatoms. The second-order valence-electron chi connectivity index (χ2n) is 9.70. The number of rotatable bonds is 5. The number of piperidine rings is 1. The van der Waals surface area contributed by atoms with Crippen LogP contribution in [0.2, 0.25) is 0 Å². The maximum atomic E-state index is 12.6. The predicted molar refractivity (Wildman–Crippen MR) is 135 cm³/mol. The molecule has 1 amide bonds. The van der Waals surface area contributed by atoms with Gasteiger partial charge in [-0.15, -0.1) is 13.2 Å². The average molecular weight is 543 g/mol. The Hall–Kier alpha value is -4.12. The van der Waals surface area contributed by atoms with Gasteiger partial charge < -0.3 is 19.1 Å². The van der Waals surface area contributed by atoms with Gasteiger partial charge in [-0.25, -0.2) is 4.79 Å². The molecule has 0 aliphatic carbocycles. The molecule has 0 unspecified atom stereocenters. The fourth-order valence-electron chi connectivity index (χ4n) is 5.13. The molecule has 0 saturated carbocycles. The largest absolute Gasteiger partial charge is 0.573 e. The summed E-state index contributed by atoms with van der Waals surface area (Å²) >= 11 is 0. The highest BCUT2D eigenvalue weighted by molar-refractivity contribution is 5.71. The molecule has 2 aliphatic rings. The monoisotopic (exact) mass is 542 g/mol. The van der Waals surface area contributed by atoms with Crippen molar-refractivity contribution < 1.29 is 37.1 Å². The number of nitrogens with zero attached hydrogens (tertiary/aromatic N) is 2. The maximum absolute atomic E-state index is 12.6. The molecule has 2 aliphatic heterocycles. The van der Waals surface area contributed by atoms with Crippen molar-refractivity contribution in [1.29, 1.82) is 0 Å². The maximum Gasteiger partial charge on any atom is 0.573 e. The molecule has 2 saturated heterocycles. The minimum Gasteiger partial charge on any atom is -0.410 e. The predicted octanol–water partition coefficient (Wildman–Crippen LogP) is 6.70. The van der Waals surface area contributed by atoms with Crippen LogP contribution in [0.15, 0.2) is 72.8 Å². The van der Waals surface area contributed by atoms with E-state index in [-0.39, 0.29) is 28.7 Å². The fraction of sp³-hybridized carbons (Fsp3) is 0.321. The number of alkyl halides is 3. The van der Waals surface area contributed by atoms with Crippen LogP contribution in [0.4, 0.5) is 23.7 Å². The molecule has 2 heterocycles. The Balaban J connectivity index is 1.17. The first kappa shape index (κ1) is 26.5. The highest BCUT2D eigenvalue weighted by Gasteiger charge is 2.44. The normalized spacial score (nSPS) is 18.6. The first-order valence-corrected chi connectivity index (χ1v) is 12.4. The number of non-ortho nitro benzene ring substituents is 1. The number of likely N-dealkylation sites (tertiary alicyclic amines) is 1. The van der Waals surface area contributed by atoms with Gasteiger partial charge in [-0.3, -0.25) is 10.1 Å². The number of hydrogen-bond acceptors (Lipinski definition) is 6. The lowest BCUT2D eigenvalue weighted by Gasteiger charge is -2.38. The molecule has 2 fully saturated rings. The number of hydrogen-bond donors (Lipinski definition) is 0. The third-order valence-electron chi connectivity index (χ3n) is 7.17. The second kappa shape index (κ2) is 10.6. The Bertz CT molecular complexity index is 1340. The smallest absolute Gasteiger partial charge is 0.410 e. The quantitative estimate of drug-likeness (QED) is 0.263. The summed E-state index contributed by atoms with van der Waals surface area (Å²) in [5.41, 5.74) is 2.32. The summed E-state index contributed by atoms with van der Waals surface area (Å²) in [6.07, 6.45) is -3.14. The van der Waals surface area contributed by atoms with E-state index in [0.29, 0.717) is 32.5 Å². The number of halogens is 3. The molecule has 204 valence electrons. The molecule has 0 radical (unpaired) electrons. The van der Waals surface area contributed by atoms with Crippen LogP contribution in [0.5, 0.6) is 11.5 Å². The highest BCUT2D eigenvalue weighted by Crippen LogP contribution is 2.43. The molecule has 0 N–H and O–H groups in total. The highest BCUT2D eigenvalue weighted by atomic mass is 19.4. The van der Waals surface area contributed by atoms with Crippen molar-refractivity contribution in [2.24, 2.45) is 0 Å². The first-order chi connectivity index (χ1) is 18.6. The minimum absolute atomic E-state index is 0.0818. The Kier molecular flexibility index (Phi) is 7.17. The van der Waals surface area contributed by atoms with E-state index >= 15 is 0 Å². The van der Waals surface area contributed by atoms with Crippen LogP contribution in [0, 0.1) is 10.1 Å². The number of carbonyl (C=O) groups excluding carboxylic acids is 1.